The molecular weight excluding hydrogens is 428 g/mol. The van der Waals surface area contributed by atoms with Gasteiger partial charge in [-0.3, -0.25) is 24.0 Å². The van der Waals surface area contributed by atoms with E-state index in [0.717, 1.165) is 7.11 Å². The summed E-state index contributed by atoms with van der Waals surface area (Å²) in [4.78, 5) is 63.4. The van der Waals surface area contributed by atoms with Gasteiger partial charge in [0.1, 0.15) is 17.3 Å². The van der Waals surface area contributed by atoms with Crippen molar-refractivity contribution in [3.8, 4) is 11.5 Å². The summed E-state index contributed by atoms with van der Waals surface area (Å²) in [6, 6.07) is 5.20. The van der Waals surface area contributed by atoms with Crippen molar-refractivity contribution in [3.63, 3.8) is 0 Å². The number of ether oxygens (including phenoxy) is 1. The van der Waals surface area contributed by atoms with Crippen molar-refractivity contribution in [2.75, 3.05) is 7.11 Å². The van der Waals surface area contributed by atoms with E-state index in [1.165, 1.54) is 24.3 Å². The zero-order valence-corrected chi connectivity index (χ0v) is 18.6. The monoisotopic (exact) mass is 452 g/mol. The molecule has 0 fully saturated rings. The number of carbonyl (C=O) groups excluding carboxylic acids is 5. The lowest BCUT2D eigenvalue weighted by Gasteiger charge is -2.22. The van der Waals surface area contributed by atoms with Gasteiger partial charge in [-0.15, -0.1) is 0 Å². The number of ketones is 4. The molecule has 0 saturated heterocycles. The van der Waals surface area contributed by atoms with E-state index in [1.54, 1.807) is 0 Å². The number of hydrogen-bond donors (Lipinski definition) is 2. The van der Waals surface area contributed by atoms with Crippen molar-refractivity contribution in [1.29, 1.82) is 0 Å². The van der Waals surface area contributed by atoms with Gasteiger partial charge in [-0.1, -0.05) is 26.0 Å². The fourth-order valence-corrected chi connectivity index (χ4v) is 3.85. The maximum Gasteiger partial charge on any atom is 0.310 e. The summed E-state index contributed by atoms with van der Waals surface area (Å²) in [5.74, 6) is -4.31. The van der Waals surface area contributed by atoms with E-state index in [9.17, 15) is 34.2 Å². The molecule has 0 saturated carbocycles. The molecule has 33 heavy (non-hydrogen) atoms. The summed E-state index contributed by atoms with van der Waals surface area (Å²) in [5.41, 5.74) is -1.38. The van der Waals surface area contributed by atoms with E-state index in [1.807, 2.05) is 13.8 Å². The summed E-state index contributed by atoms with van der Waals surface area (Å²) in [6.07, 6.45) is -0.232. The largest absolute Gasteiger partial charge is 0.507 e. The van der Waals surface area contributed by atoms with Crippen LogP contribution in [0.3, 0.4) is 0 Å². The smallest absolute Gasteiger partial charge is 0.310 e. The van der Waals surface area contributed by atoms with Gasteiger partial charge in [0.25, 0.3) is 0 Å². The molecule has 1 aliphatic carbocycles. The van der Waals surface area contributed by atoms with Crippen molar-refractivity contribution in [1.82, 2.24) is 0 Å². The SMILES string of the molecule is COC(=O)Cc1cc2c(c(O)c1C(=O)CC(=O)CCC(C)C)C(=O)c1c(O)cccc1C2=O. The first-order chi connectivity index (χ1) is 15.6. The molecule has 0 aromatic heterocycles. The molecule has 0 spiro atoms. The number of carbonyl (C=O) groups is 5. The average Bonchev–Trinajstić information content (AvgIpc) is 2.75. The van der Waals surface area contributed by atoms with E-state index in [2.05, 4.69) is 4.74 Å². The van der Waals surface area contributed by atoms with Gasteiger partial charge in [0, 0.05) is 17.5 Å². The molecule has 0 unspecified atom stereocenters. The van der Waals surface area contributed by atoms with E-state index < -0.39 is 53.2 Å². The highest BCUT2D eigenvalue weighted by Crippen LogP contribution is 2.40. The lowest BCUT2D eigenvalue weighted by atomic mass is 9.79. The Labute approximate surface area is 190 Å². The summed E-state index contributed by atoms with van der Waals surface area (Å²) < 4.78 is 4.66. The molecule has 0 heterocycles. The van der Waals surface area contributed by atoms with Crippen LogP contribution in [0.15, 0.2) is 24.3 Å². The van der Waals surface area contributed by atoms with Crippen molar-refractivity contribution in [3.05, 3.63) is 57.6 Å². The minimum Gasteiger partial charge on any atom is -0.507 e. The predicted molar refractivity (Wildman–Crippen MR) is 117 cm³/mol. The molecule has 172 valence electrons. The molecule has 0 bridgehead atoms. The fourth-order valence-electron chi connectivity index (χ4n) is 3.85. The number of hydrogen-bond acceptors (Lipinski definition) is 8. The first-order valence-electron chi connectivity index (χ1n) is 10.5. The van der Waals surface area contributed by atoms with E-state index >= 15 is 0 Å². The quantitative estimate of drug-likeness (QED) is 0.302. The molecule has 8 nitrogen and oxygen atoms in total. The van der Waals surface area contributed by atoms with Gasteiger partial charge >= 0.3 is 5.97 Å². The Balaban J connectivity index is 2.14. The van der Waals surface area contributed by atoms with Crippen LogP contribution < -0.4 is 0 Å². The van der Waals surface area contributed by atoms with Crippen LogP contribution in [-0.4, -0.2) is 46.4 Å². The van der Waals surface area contributed by atoms with Gasteiger partial charge in [0.05, 0.1) is 36.6 Å². The van der Waals surface area contributed by atoms with Crippen LogP contribution in [0, 0.1) is 5.92 Å². The first-order valence-corrected chi connectivity index (χ1v) is 10.5. The molecular formula is C25H24O8. The summed E-state index contributed by atoms with van der Waals surface area (Å²) in [6.45, 7) is 3.88. The van der Waals surface area contributed by atoms with E-state index in [-0.39, 0.29) is 45.9 Å². The second-order valence-electron chi connectivity index (χ2n) is 8.36. The van der Waals surface area contributed by atoms with Crippen LogP contribution in [0.4, 0.5) is 0 Å². The molecule has 2 aromatic carbocycles. The molecule has 2 N–H and O–H groups in total. The molecule has 8 heteroatoms. The average molecular weight is 452 g/mol. The van der Waals surface area contributed by atoms with E-state index in [4.69, 9.17) is 0 Å². The van der Waals surface area contributed by atoms with Gasteiger partial charge in [0.2, 0.25) is 5.78 Å². The molecule has 0 atom stereocenters. The first kappa shape index (κ1) is 23.8. The maximum absolute atomic E-state index is 13.1. The van der Waals surface area contributed by atoms with Crippen molar-refractivity contribution in [2.45, 2.75) is 39.5 Å². The zero-order chi connectivity index (χ0) is 24.4. The predicted octanol–water partition coefficient (Wildman–Crippen LogP) is 3.17. The Kier molecular flexibility index (Phi) is 6.76. The standard InChI is InChI=1S/C25H24O8/c1-12(2)7-8-14(26)11-18(28)20-13(10-19(29)33-3)9-16-22(24(20)31)25(32)21-15(23(16)30)5-4-6-17(21)27/h4-6,9,12,27,31H,7-8,10-11H2,1-3H3. The minimum absolute atomic E-state index is 0.0236. The molecule has 0 radical (unpaired) electrons. The van der Waals surface area contributed by atoms with Crippen LogP contribution in [-0.2, 0) is 20.7 Å². The Morgan fingerprint density at radius 1 is 1.00 bits per heavy atom. The third-order valence-corrected chi connectivity index (χ3v) is 5.57. The van der Waals surface area contributed by atoms with Gasteiger partial charge in [0.15, 0.2) is 11.6 Å². The molecule has 2 aromatic rings. The van der Waals surface area contributed by atoms with Crippen LogP contribution >= 0.6 is 0 Å². The second kappa shape index (κ2) is 9.36. The third-order valence-electron chi connectivity index (χ3n) is 5.57. The number of phenols is 2. The number of phenolic OH excluding ortho intramolecular Hbond substituents is 2. The highest BCUT2D eigenvalue weighted by molar-refractivity contribution is 6.31. The van der Waals surface area contributed by atoms with Gasteiger partial charge in [-0.05, 0) is 30.0 Å². The summed E-state index contributed by atoms with van der Waals surface area (Å²) >= 11 is 0. The molecule has 3 rings (SSSR count). The fraction of sp³-hybridized carbons (Fsp3) is 0.320. The van der Waals surface area contributed by atoms with Gasteiger partial charge in [-0.25, -0.2) is 0 Å². The van der Waals surface area contributed by atoms with Crippen molar-refractivity contribution < 1.29 is 38.9 Å². The second-order valence-corrected chi connectivity index (χ2v) is 8.36. The number of aromatic hydroxyl groups is 2. The maximum atomic E-state index is 13.1. The normalized spacial score (nSPS) is 12.4. The zero-order valence-electron chi connectivity index (χ0n) is 18.6. The third kappa shape index (κ3) is 4.55. The van der Waals surface area contributed by atoms with Crippen LogP contribution in [0.2, 0.25) is 0 Å². The Morgan fingerprint density at radius 2 is 1.70 bits per heavy atom. The lowest BCUT2D eigenvalue weighted by molar-refractivity contribution is -0.139. The van der Waals surface area contributed by atoms with Crippen molar-refractivity contribution >= 4 is 29.1 Å². The molecule has 0 aliphatic heterocycles. The summed E-state index contributed by atoms with van der Waals surface area (Å²) in [7, 11) is 1.14. The number of methoxy groups -OCH3 is 1. The molecule has 0 amide bonds. The number of Topliss-reactive ketones (excluding diaryl/α,β-unsaturated/α-hetero) is 2. The number of esters is 1. The highest BCUT2D eigenvalue weighted by atomic mass is 16.5. The highest BCUT2D eigenvalue weighted by Gasteiger charge is 2.37. The van der Waals surface area contributed by atoms with Crippen LogP contribution in [0.5, 0.6) is 11.5 Å². The topological polar surface area (TPSA) is 135 Å². The number of fused-ring (bicyclic) bond motifs is 2. The Morgan fingerprint density at radius 3 is 2.33 bits per heavy atom. The van der Waals surface area contributed by atoms with Gasteiger partial charge in [-0.2, -0.15) is 0 Å². The van der Waals surface area contributed by atoms with E-state index in [0.29, 0.717) is 6.42 Å². The lowest BCUT2D eigenvalue weighted by Crippen LogP contribution is -2.24. The van der Waals surface area contributed by atoms with Crippen LogP contribution in [0.25, 0.3) is 0 Å². The minimum atomic E-state index is -0.833. The van der Waals surface area contributed by atoms with Crippen molar-refractivity contribution in [2.24, 2.45) is 5.92 Å². The Hall–Kier alpha value is -3.81. The number of rotatable bonds is 8. The van der Waals surface area contributed by atoms with Gasteiger partial charge < -0.3 is 14.9 Å². The molecule has 1 aliphatic rings. The number of benzene rings is 2. The summed E-state index contributed by atoms with van der Waals surface area (Å²) in [5, 5.41) is 21.1. The van der Waals surface area contributed by atoms with Crippen LogP contribution in [0.1, 0.15) is 80.9 Å². The Bertz CT molecular complexity index is 1190.